The predicted molar refractivity (Wildman–Crippen MR) is 175 cm³/mol. The highest BCUT2D eigenvalue weighted by molar-refractivity contribution is 6.38. The average molecular weight is 659 g/mol. The number of amides is 4. The highest BCUT2D eigenvalue weighted by Gasteiger charge is 2.46. The molecule has 4 amide bonds. The Morgan fingerprint density at radius 1 is 1.00 bits per heavy atom. The summed E-state index contributed by atoms with van der Waals surface area (Å²) in [5.41, 5.74) is 7.37. The molecule has 1 aliphatic carbocycles. The molecule has 10 nitrogen and oxygen atoms in total. The van der Waals surface area contributed by atoms with Crippen molar-refractivity contribution in [3.05, 3.63) is 69.3 Å². The van der Waals surface area contributed by atoms with Crippen molar-refractivity contribution < 1.29 is 23.9 Å². The summed E-state index contributed by atoms with van der Waals surface area (Å²) in [6.45, 7) is 7.50. The summed E-state index contributed by atoms with van der Waals surface area (Å²) in [6, 6.07) is 10.7. The van der Waals surface area contributed by atoms with Crippen LogP contribution in [-0.2, 0) is 38.6 Å². The molecule has 1 aromatic heterocycles. The van der Waals surface area contributed by atoms with Gasteiger partial charge in [0.25, 0.3) is 0 Å². The topological polar surface area (TPSA) is 155 Å². The predicted octanol–water partition coefficient (Wildman–Crippen LogP) is 5.18. The minimum absolute atomic E-state index is 0.0342. The molecule has 0 saturated heterocycles. The van der Waals surface area contributed by atoms with Crippen molar-refractivity contribution in [2.24, 2.45) is 17.6 Å². The number of rotatable bonds is 12. The maximum atomic E-state index is 14.2. The molecule has 0 bridgehead atoms. The van der Waals surface area contributed by atoms with Crippen molar-refractivity contribution in [2.75, 3.05) is 0 Å². The summed E-state index contributed by atoms with van der Waals surface area (Å²) in [7, 11) is 0. The Kier molecular flexibility index (Phi) is 11.0. The largest absolute Gasteiger partial charge is 0.445 e. The summed E-state index contributed by atoms with van der Waals surface area (Å²) in [5.74, 6) is -2.28. The zero-order valence-electron chi connectivity index (χ0n) is 26.0. The van der Waals surface area contributed by atoms with E-state index in [9.17, 15) is 19.2 Å². The van der Waals surface area contributed by atoms with E-state index in [4.69, 9.17) is 33.7 Å². The zero-order chi connectivity index (χ0) is 32.9. The molecule has 0 saturated carbocycles. The number of fused-ring (bicyclic) bond motifs is 3. The molecule has 0 fully saturated rings. The van der Waals surface area contributed by atoms with Crippen molar-refractivity contribution in [3.63, 3.8) is 0 Å². The number of carbonyl (C=O) groups is 4. The van der Waals surface area contributed by atoms with Crippen LogP contribution in [0.15, 0.2) is 42.5 Å². The van der Waals surface area contributed by atoms with Gasteiger partial charge >= 0.3 is 6.09 Å². The van der Waals surface area contributed by atoms with Gasteiger partial charge in [0.05, 0.1) is 10.5 Å². The highest BCUT2D eigenvalue weighted by atomic mass is 35.5. The fraction of sp³-hybridized carbons (Fsp3) is 0.455. The Balaban J connectivity index is 1.66. The highest BCUT2D eigenvalue weighted by Crippen LogP contribution is 2.38. The monoisotopic (exact) mass is 657 g/mol. The van der Waals surface area contributed by atoms with Crippen LogP contribution in [-0.4, -0.2) is 46.4 Å². The van der Waals surface area contributed by atoms with Crippen molar-refractivity contribution >= 4 is 57.9 Å². The number of carbonyl (C=O) groups excluding carboxylic acids is 4. The molecule has 0 aliphatic heterocycles. The average Bonchev–Trinajstić information content (AvgIpc) is 3.38. The Bertz CT molecular complexity index is 1560. The first kappa shape index (κ1) is 34.1. The number of ether oxygens (including phenoxy) is 1. The lowest BCUT2D eigenvalue weighted by molar-refractivity contribution is -0.137. The molecule has 3 aromatic rings. The lowest BCUT2D eigenvalue weighted by Crippen LogP contribution is -2.67. The second kappa shape index (κ2) is 14.6. The van der Waals surface area contributed by atoms with E-state index < -0.39 is 41.4 Å². The third kappa shape index (κ3) is 7.73. The van der Waals surface area contributed by atoms with Crippen molar-refractivity contribution in [1.29, 1.82) is 0 Å². The fourth-order valence-corrected chi connectivity index (χ4v) is 6.29. The molecule has 0 spiro atoms. The van der Waals surface area contributed by atoms with Gasteiger partial charge in [0.15, 0.2) is 0 Å². The first-order valence-electron chi connectivity index (χ1n) is 15.3. The zero-order valence-corrected chi connectivity index (χ0v) is 27.5. The molecule has 0 radical (unpaired) electrons. The van der Waals surface area contributed by atoms with E-state index in [0.29, 0.717) is 34.8 Å². The number of aryl methyl sites for hydroxylation is 1. The lowest BCUT2D eigenvalue weighted by Gasteiger charge is -2.39. The van der Waals surface area contributed by atoms with E-state index in [1.807, 2.05) is 58.0 Å². The molecule has 45 heavy (non-hydrogen) atoms. The maximum absolute atomic E-state index is 14.2. The molecular weight excluding hydrogens is 617 g/mol. The summed E-state index contributed by atoms with van der Waals surface area (Å²) >= 11 is 12.8. The number of benzene rings is 2. The molecule has 5 atom stereocenters. The summed E-state index contributed by atoms with van der Waals surface area (Å²) < 4.78 is 5.40. The standard InChI is InChI=1S/C33H41Cl2N5O5/c1-5-18(3)26(29(36)41)38-31(43)33(13-12-25-23(16-33)22-14-21(34)15-24(35)28(22)37-25)40-30(42)27(19(4)6-2)39-32(44)45-17-20-10-8-7-9-11-20/h7-11,14-15,18-19,26-27,37H,5-6,12-13,16-17H2,1-4H3,(H2,36,41)(H,38,43)(H,39,44)(H,40,42). The van der Waals surface area contributed by atoms with Crippen LogP contribution >= 0.6 is 23.2 Å². The van der Waals surface area contributed by atoms with Crippen LogP contribution in [0.3, 0.4) is 0 Å². The van der Waals surface area contributed by atoms with E-state index >= 15 is 0 Å². The lowest BCUT2D eigenvalue weighted by atomic mass is 9.78. The fourth-order valence-electron chi connectivity index (χ4n) is 5.74. The number of hydrogen-bond donors (Lipinski definition) is 5. The van der Waals surface area contributed by atoms with Crippen molar-refractivity contribution in [1.82, 2.24) is 20.9 Å². The van der Waals surface area contributed by atoms with Crippen LogP contribution in [0, 0.1) is 11.8 Å². The molecular formula is C33H41Cl2N5O5. The summed E-state index contributed by atoms with van der Waals surface area (Å²) in [5, 5.41) is 10.1. The summed E-state index contributed by atoms with van der Waals surface area (Å²) in [4.78, 5) is 56.9. The SMILES string of the molecule is CCC(C)C(NC(=O)C1(NC(=O)C(NC(=O)OCc2ccccc2)C(C)CC)CCc2[nH]c3c(Cl)cc(Cl)cc3c2C1)C(N)=O. The van der Waals surface area contributed by atoms with Crippen LogP contribution in [0.5, 0.6) is 0 Å². The van der Waals surface area contributed by atoms with Gasteiger partial charge in [-0.1, -0.05) is 94.1 Å². The van der Waals surface area contributed by atoms with Crippen molar-refractivity contribution in [2.45, 2.75) is 84.0 Å². The van der Waals surface area contributed by atoms with Gasteiger partial charge in [0.2, 0.25) is 17.7 Å². The molecule has 4 rings (SSSR count). The third-order valence-corrected chi connectivity index (χ3v) is 9.40. The van der Waals surface area contributed by atoms with Gasteiger partial charge in [-0.05, 0) is 47.9 Å². The normalized spacial score (nSPS) is 18.6. The van der Waals surface area contributed by atoms with Gasteiger partial charge < -0.3 is 31.4 Å². The minimum Gasteiger partial charge on any atom is -0.445 e. The maximum Gasteiger partial charge on any atom is 0.408 e. The minimum atomic E-state index is -1.48. The number of halogens is 2. The first-order valence-corrected chi connectivity index (χ1v) is 16.0. The number of H-pyrrole nitrogens is 1. The van der Waals surface area contributed by atoms with Crippen LogP contribution in [0.25, 0.3) is 10.9 Å². The van der Waals surface area contributed by atoms with Gasteiger partial charge in [-0.2, -0.15) is 0 Å². The van der Waals surface area contributed by atoms with Crippen LogP contribution in [0.1, 0.15) is 63.8 Å². The molecule has 6 N–H and O–H groups in total. The second-order valence-electron chi connectivity index (χ2n) is 11.9. The van der Waals surface area contributed by atoms with Gasteiger partial charge in [0.1, 0.15) is 24.2 Å². The Morgan fingerprint density at radius 3 is 2.31 bits per heavy atom. The molecule has 1 aliphatic rings. The Labute approximate surface area is 273 Å². The molecule has 242 valence electrons. The van der Waals surface area contributed by atoms with Crippen LogP contribution < -0.4 is 21.7 Å². The molecule has 12 heteroatoms. The van der Waals surface area contributed by atoms with Crippen molar-refractivity contribution in [3.8, 4) is 0 Å². The summed E-state index contributed by atoms with van der Waals surface area (Å²) in [6.07, 6.45) is 1.12. The number of alkyl carbamates (subject to hydrolysis) is 1. The number of nitrogens with one attached hydrogen (secondary N) is 4. The number of hydrogen-bond acceptors (Lipinski definition) is 5. The van der Waals surface area contributed by atoms with E-state index in [2.05, 4.69) is 20.9 Å². The second-order valence-corrected chi connectivity index (χ2v) is 12.8. The van der Waals surface area contributed by atoms with Crippen LogP contribution in [0.2, 0.25) is 10.0 Å². The molecule has 2 aromatic carbocycles. The number of aromatic amines is 1. The quantitative estimate of drug-likeness (QED) is 0.182. The van der Waals surface area contributed by atoms with Gasteiger partial charge in [-0.3, -0.25) is 14.4 Å². The molecule has 1 heterocycles. The smallest absolute Gasteiger partial charge is 0.408 e. The Hall–Kier alpha value is -3.76. The molecule has 5 unspecified atom stereocenters. The first-order chi connectivity index (χ1) is 21.4. The van der Waals surface area contributed by atoms with E-state index in [0.717, 1.165) is 22.2 Å². The number of aromatic nitrogens is 1. The van der Waals surface area contributed by atoms with E-state index in [1.54, 1.807) is 12.1 Å². The van der Waals surface area contributed by atoms with Crippen LogP contribution in [0.4, 0.5) is 4.79 Å². The van der Waals surface area contributed by atoms with Gasteiger partial charge in [0, 0.05) is 22.5 Å². The number of primary amides is 1. The van der Waals surface area contributed by atoms with Gasteiger partial charge in [-0.15, -0.1) is 0 Å². The Morgan fingerprint density at radius 2 is 1.67 bits per heavy atom. The van der Waals surface area contributed by atoms with E-state index in [1.165, 1.54) is 0 Å². The number of nitrogens with two attached hydrogens (primary N) is 1. The third-order valence-electron chi connectivity index (χ3n) is 8.89. The van der Waals surface area contributed by atoms with Gasteiger partial charge in [-0.25, -0.2) is 4.79 Å². The van der Waals surface area contributed by atoms with E-state index in [-0.39, 0.29) is 31.3 Å².